The molecule has 2 aliphatic rings. The third kappa shape index (κ3) is 2.65. The summed E-state index contributed by atoms with van der Waals surface area (Å²) in [7, 11) is 0. The van der Waals surface area contributed by atoms with E-state index in [1.165, 1.54) is 50.4 Å². The molecule has 0 aromatic carbocycles. The van der Waals surface area contributed by atoms with E-state index in [2.05, 4.69) is 28.9 Å². The van der Waals surface area contributed by atoms with E-state index in [4.69, 9.17) is 0 Å². The van der Waals surface area contributed by atoms with Crippen molar-refractivity contribution >= 4 is 11.8 Å². The Balaban J connectivity index is 1.68. The number of nitrogens with one attached hydrogen (secondary N) is 1. The van der Waals surface area contributed by atoms with Crippen molar-refractivity contribution in [2.75, 3.05) is 31.1 Å². The SMILES string of the molecule is CCN1CCC[C@@H]1CN[C@H]1CCSC1. The second-order valence-electron chi connectivity index (χ2n) is 4.39. The van der Waals surface area contributed by atoms with Gasteiger partial charge in [0.05, 0.1) is 0 Å². The topological polar surface area (TPSA) is 15.3 Å². The third-order valence-corrected chi connectivity index (χ3v) is 4.64. The lowest BCUT2D eigenvalue weighted by Gasteiger charge is -2.24. The van der Waals surface area contributed by atoms with Gasteiger partial charge in [0.25, 0.3) is 0 Å². The van der Waals surface area contributed by atoms with E-state index in [-0.39, 0.29) is 0 Å². The number of hydrogen-bond acceptors (Lipinski definition) is 3. The predicted molar refractivity (Wildman–Crippen MR) is 64.0 cm³/mol. The molecule has 2 rings (SSSR count). The molecule has 2 fully saturated rings. The van der Waals surface area contributed by atoms with Crippen molar-refractivity contribution in [1.29, 1.82) is 0 Å². The first-order valence-electron chi connectivity index (χ1n) is 5.95. The molecule has 0 unspecified atom stereocenters. The van der Waals surface area contributed by atoms with Crippen LogP contribution in [0.3, 0.4) is 0 Å². The Hall–Kier alpha value is 0.270. The van der Waals surface area contributed by atoms with Gasteiger partial charge in [-0.1, -0.05) is 6.92 Å². The van der Waals surface area contributed by atoms with Crippen LogP contribution < -0.4 is 5.32 Å². The van der Waals surface area contributed by atoms with Gasteiger partial charge in [-0.25, -0.2) is 0 Å². The Labute approximate surface area is 91.8 Å². The zero-order chi connectivity index (χ0) is 9.80. The summed E-state index contributed by atoms with van der Waals surface area (Å²) >= 11 is 2.10. The zero-order valence-electron chi connectivity index (χ0n) is 9.17. The lowest BCUT2D eigenvalue weighted by Crippen LogP contribution is -2.41. The minimum Gasteiger partial charge on any atom is -0.312 e. The summed E-state index contributed by atoms with van der Waals surface area (Å²) in [6, 6.07) is 1.63. The van der Waals surface area contributed by atoms with E-state index in [1.54, 1.807) is 0 Å². The fraction of sp³-hybridized carbons (Fsp3) is 1.00. The van der Waals surface area contributed by atoms with Gasteiger partial charge < -0.3 is 5.32 Å². The molecule has 2 atom stereocenters. The van der Waals surface area contributed by atoms with Crippen molar-refractivity contribution in [3.63, 3.8) is 0 Å². The van der Waals surface area contributed by atoms with Gasteiger partial charge in [-0.3, -0.25) is 4.90 Å². The fourth-order valence-electron chi connectivity index (χ4n) is 2.54. The van der Waals surface area contributed by atoms with Gasteiger partial charge in [0.15, 0.2) is 0 Å². The maximum atomic E-state index is 3.73. The summed E-state index contributed by atoms with van der Waals surface area (Å²) in [4.78, 5) is 2.62. The molecule has 2 saturated heterocycles. The normalized spacial score (nSPS) is 34.1. The summed E-state index contributed by atoms with van der Waals surface area (Å²) in [6.45, 7) is 6.05. The highest BCUT2D eigenvalue weighted by Gasteiger charge is 2.24. The van der Waals surface area contributed by atoms with E-state index < -0.39 is 0 Å². The number of likely N-dealkylation sites (tertiary alicyclic amines) is 1. The Kier molecular flexibility index (Phi) is 4.14. The lowest BCUT2D eigenvalue weighted by atomic mass is 10.2. The monoisotopic (exact) mass is 214 g/mol. The molecule has 3 heteroatoms. The smallest absolute Gasteiger partial charge is 0.0221 e. The number of nitrogens with zero attached hydrogens (tertiary/aromatic N) is 1. The molecule has 0 saturated carbocycles. The quantitative estimate of drug-likeness (QED) is 0.765. The average Bonchev–Trinajstić information content (AvgIpc) is 2.85. The molecule has 2 aliphatic heterocycles. The Bertz CT molecular complexity index is 169. The minimum atomic E-state index is 0.805. The molecule has 0 aromatic rings. The van der Waals surface area contributed by atoms with Crippen molar-refractivity contribution in [1.82, 2.24) is 10.2 Å². The maximum absolute atomic E-state index is 3.73. The van der Waals surface area contributed by atoms with Crippen LogP contribution in [0.2, 0.25) is 0 Å². The predicted octanol–water partition coefficient (Wildman–Crippen LogP) is 1.57. The number of thioether (sulfide) groups is 1. The summed E-state index contributed by atoms with van der Waals surface area (Å²) in [5.41, 5.74) is 0. The molecule has 14 heavy (non-hydrogen) atoms. The first kappa shape index (κ1) is 10.8. The van der Waals surface area contributed by atoms with Crippen LogP contribution in [0.4, 0.5) is 0 Å². The summed E-state index contributed by atoms with van der Waals surface area (Å²) < 4.78 is 0. The van der Waals surface area contributed by atoms with Crippen molar-refractivity contribution in [2.24, 2.45) is 0 Å². The molecular formula is C11H22N2S. The van der Waals surface area contributed by atoms with Gasteiger partial charge >= 0.3 is 0 Å². The fourth-order valence-corrected chi connectivity index (χ4v) is 3.73. The molecule has 2 nitrogen and oxygen atoms in total. The van der Waals surface area contributed by atoms with Crippen molar-refractivity contribution < 1.29 is 0 Å². The lowest BCUT2D eigenvalue weighted by molar-refractivity contribution is 0.255. The van der Waals surface area contributed by atoms with Gasteiger partial charge in [-0.15, -0.1) is 0 Å². The van der Waals surface area contributed by atoms with Crippen LogP contribution >= 0.6 is 11.8 Å². The van der Waals surface area contributed by atoms with E-state index in [0.29, 0.717) is 0 Å². The standard InChI is InChI=1S/C11H22N2S/c1-2-13-6-3-4-11(13)8-12-10-5-7-14-9-10/h10-12H,2-9H2,1H3/t10-,11+/m0/s1. The zero-order valence-corrected chi connectivity index (χ0v) is 9.98. The molecule has 0 aliphatic carbocycles. The molecular weight excluding hydrogens is 192 g/mol. The van der Waals surface area contributed by atoms with E-state index in [1.807, 2.05) is 0 Å². The molecule has 2 heterocycles. The number of rotatable bonds is 4. The highest BCUT2D eigenvalue weighted by Crippen LogP contribution is 2.19. The van der Waals surface area contributed by atoms with Crippen molar-refractivity contribution in [2.45, 2.75) is 38.3 Å². The van der Waals surface area contributed by atoms with Crippen LogP contribution in [0.5, 0.6) is 0 Å². The number of hydrogen-bond donors (Lipinski definition) is 1. The van der Waals surface area contributed by atoms with Crippen LogP contribution in [-0.2, 0) is 0 Å². The highest BCUT2D eigenvalue weighted by atomic mass is 32.2. The minimum absolute atomic E-state index is 0.805. The second kappa shape index (κ2) is 5.38. The first-order valence-corrected chi connectivity index (χ1v) is 7.11. The second-order valence-corrected chi connectivity index (χ2v) is 5.54. The number of likely N-dealkylation sites (N-methyl/N-ethyl adjacent to an activating group) is 1. The third-order valence-electron chi connectivity index (χ3n) is 3.48. The van der Waals surface area contributed by atoms with Gasteiger partial charge in [-0.2, -0.15) is 11.8 Å². The molecule has 0 aromatic heterocycles. The van der Waals surface area contributed by atoms with Crippen LogP contribution in [-0.4, -0.2) is 48.1 Å². The molecule has 0 radical (unpaired) electrons. The molecule has 0 spiro atoms. The largest absolute Gasteiger partial charge is 0.312 e. The van der Waals surface area contributed by atoms with E-state index in [9.17, 15) is 0 Å². The summed E-state index contributed by atoms with van der Waals surface area (Å²) in [5, 5.41) is 3.73. The Morgan fingerprint density at radius 2 is 2.36 bits per heavy atom. The average molecular weight is 214 g/mol. The van der Waals surface area contributed by atoms with E-state index >= 15 is 0 Å². The highest BCUT2D eigenvalue weighted by molar-refractivity contribution is 7.99. The van der Waals surface area contributed by atoms with Crippen LogP contribution in [0.15, 0.2) is 0 Å². The molecule has 0 amide bonds. The summed E-state index contributed by atoms with van der Waals surface area (Å²) in [5.74, 6) is 2.69. The Morgan fingerprint density at radius 1 is 1.43 bits per heavy atom. The van der Waals surface area contributed by atoms with Gasteiger partial charge in [0.1, 0.15) is 0 Å². The van der Waals surface area contributed by atoms with Gasteiger partial charge in [-0.05, 0) is 38.1 Å². The van der Waals surface area contributed by atoms with E-state index in [0.717, 1.165) is 12.1 Å². The molecule has 0 bridgehead atoms. The van der Waals surface area contributed by atoms with Gasteiger partial charge in [0, 0.05) is 24.4 Å². The first-order chi connectivity index (χ1) is 6.90. The van der Waals surface area contributed by atoms with Crippen LogP contribution in [0, 0.1) is 0 Å². The van der Waals surface area contributed by atoms with Crippen molar-refractivity contribution in [3.8, 4) is 0 Å². The van der Waals surface area contributed by atoms with Crippen molar-refractivity contribution in [3.05, 3.63) is 0 Å². The van der Waals surface area contributed by atoms with Crippen LogP contribution in [0.25, 0.3) is 0 Å². The van der Waals surface area contributed by atoms with Crippen LogP contribution in [0.1, 0.15) is 26.2 Å². The molecule has 1 N–H and O–H groups in total. The summed E-state index contributed by atoms with van der Waals surface area (Å²) in [6.07, 6.45) is 4.18. The Morgan fingerprint density at radius 3 is 3.07 bits per heavy atom. The molecule has 82 valence electrons. The maximum Gasteiger partial charge on any atom is 0.0221 e. The van der Waals surface area contributed by atoms with Gasteiger partial charge in [0.2, 0.25) is 0 Å².